The Labute approximate surface area is 123 Å². The van der Waals surface area contributed by atoms with Gasteiger partial charge in [0.1, 0.15) is 5.76 Å². The maximum atomic E-state index is 11.8. The molecule has 0 saturated carbocycles. The lowest BCUT2D eigenvalue weighted by atomic mass is 10.1. The van der Waals surface area contributed by atoms with Crippen molar-refractivity contribution in [2.45, 2.75) is 17.9 Å². The van der Waals surface area contributed by atoms with Gasteiger partial charge < -0.3 is 9.73 Å². The smallest absolute Gasteiger partial charge is 0.244 e. The average molecular weight is 287 g/mol. The monoisotopic (exact) mass is 287 g/mol. The fraction of sp³-hybridized carbons (Fsp3) is 0.188. The standard InChI is InChI=1S/C16H17NO2S/c1-12(13-5-8-15(20-2)9-6-13)17-16(18)10-7-14-4-3-11-19-14/h3-12H,1-2H3,(H,17,18)/b10-7+/t12-/m1/s1. The molecule has 2 rings (SSSR count). The number of carbonyl (C=O) groups is 1. The van der Waals surface area contributed by atoms with Crippen LogP contribution in [-0.4, -0.2) is 12.2 Å². The predicted molar refractivity (Wildman–Crippen MR) is 82.5 cm³/mol. The molecule has 1 heterocycles. The van der Waals surface area contributed by atoms with Crippen LogP contribution < -0.4 is 5.32 Å². The Bertz CT molecular complexity index is 573. The first-order valence-electron chi connectivity index (χ1n) is 6.35. The summed E-state index contributed by atoms with van der Waals surface area (Å²) in [5.41, 5.74) is 1.09. The zero-order chi connectivity index (χ0) is 14.4. The summed E-state index contributed by atoms with van der Waals surface area (Å²) in [6.45, 7) is 1.97. The van der Waals surface area contributed by atoms with E-state index in [-0.39, 0.29) is 11.9 Å². The lowest BCUT2D eigenvalue weighted by molar-refractivity contribution is -0.117. The molecule has 20 heavy (non-hydrogen) atoms. The molecule has 104 valence electrons. The van der Waals surface area contributed by atoms with Crippen LogP contribution in [-0.2, 0) is 4.79 Å². The van der Waals surface area contributed by atoms with Crippen molar-refractivity contribution >= 4 is 23.7 Å². The third-order valence-electron chi connectivity index (χ3n) is 2.92. The summed E-state index contributed by atoms with van der Waals surface area (Å²) < 4.78 is 5.13. The molecular weight excluding hydrogens is 270 g/mol. The first-order chi connectivity index (χ1) is 9.69. The topological polar surface area (TPSA) is 42.2 Å². The minimum atomic E-state index is -0.136. The highest BCUT2D eigenvalue weighted by Gasteiger charge is 2.07. The summed E-state index contributed by atoms with van der Waals surface area (Å²) in [6, 6.07) is 11.7. The second-order valence-corrected chi connectivity index (χ2v) is 5.23. The molecule has 3 nitrogen and oxygen atoms in total. The number of carbonyl (C=O) groups excluding carboxylic acids is 1. The van der Waals surface area contributed by atoms with Gasteiger partial charge in [-0.25, -0.2) is 0 Å². The Balaban J connectivity index is 1.92. The number of rotatable bonds is 5. The van der Waals surface area contributed by atoms with Crippen LogP contribution in [0, 0.1) is 0 Å². The van der Waals surface area contributed by atoms with E-state index in [1.165, 1.54) is 11.0 Å². The second-order valence-electron chi connectivity index (χ2n) is 4.35. The predicted octanol–water partition coefficient (Wildman–Crippen LogP) is 3.89. The maximum Gasteiger partial charge on any atom is 0.244 e. The van der Waals surface area contributed by atoms with Crippen molar-refractivity contribution in [1.29, 1.82) is 0 Å². The molecule has 0 aliphatic rings. The quantitative estimate of drug-likeness (QED) is 0.670. The van der Waals surface area contributed by atoms with Crippen LogP contribution >= 0.6 is 11.8 Å². The van der Waals surface area contributed by atoms with Crippen LogP contribution in [0.15, 0.2) is 58.1 Å². The maximum absolute atomic E-state index is 11.8. The van der Waals surface area contributed by atoms with Gasteiger partial charge in [-0.05, 0) is 49.1 Å². The van der Waals surface area contributed by atoms with Crippen LogP contribution in [0.3, 0.4) is 0 Å². The van der Waals surface area contributed by atoms with E-state index in [1.54, 1.807) is 36.2 Å². The molecule has 1 amide bonds. The van der Waals surface area contributed by atoms with Crippen LogP contribution in [0.25, 0.3) is 6.08 Å². The number of hydrogen-bond donors (Lipinski definition) is 1. The molecule has 1 N–H and O–H groups in total. The molecular formula is C16H17NO2S. The summed E-state index contributed by atoms with van der Waals surface area (Å²) in [5.74, 6) is 0.528. The third-order valence-corrected chi connectivity index (χ3v) is 3.66. The van der Waals surface area contributed by atoms with Crippen LogP contribution in [0.4, 0.5) is 0 Å². The van der Waals surface area contributed by atoms with Crippen molar-refractivity contribution in [2.75, 3.05) is 6.26 Å². The Kier molecular flexibility index (Phi) is 5.07. The van der Waals surface area contributed by atoms with Crippen LogP contribution in [0.2, 0.25) is 0 Å². The molecule has 0 aliphatic heterocycles. The molecule has 0 radical (unpaired) electrons. The molecule has 0 fully saturated rings. The van der Waals surface area contributed by atoms with E-state index in [0.717, 1.165) is 5.56 Å². The highest BCUT2D eigenvalue weighted by molar-refractivity contribution is 7.98. The fourth-order valence-corrected chi connectivity index (χ4v) is 2.19. The third kappa shape index (κ3) is 4.03. The van der Waals surface area contributed by atoms with Crippen LogP contribution in [0.1, 0.15) is 24.3 Å². The van der Waals surface area contributed by atoms with E-state index in [4.69, 9.17) is 4.42 Å². The summed E-state index contributed by atoms with van der Waals surface area (Å²) in [7, 11) is 0. The van der Waals surface area contributed by atoms with Gasteiger partial charge in [0.15, 0.2) is 0 Å². The molecule has 1 aromatic heterocycles. The van der Waals surface area contributed by atoms with Gasteiger partial charge >= 0.3 is 0 Å². The van der Waals surface area contributed by atoms with Gasteiger partial charge in [-0.15, -0.1) is 11.8 Å². The molecule has 1 atom stereocenters. The zero-order valence-corrected chi connectivity index (χ0v) is 12.3. The Morgan fingerprint density at radius 1 is 1.30 bits per heavy atom. The summed E-state index contributed by atoms with van der Waals surface area (Å²) in [5, 5.41) is 2.92. The van der Waals surface area contributed by atoms with E-state index in [0.29, 0.717) is 5.76 Å². The van der Waals surface area contributed by atoms with E-state index in [9.17, 15) is 4.79 Å². The van der Waals surface area contributed by atoms with Gasteiger partial charge in [0, 0.05) is 11.0 Å². The van der Waals surface area contributed by atoms with E-state index < -0.39 is 0 Å². The first-order valence-corrected chi connectivity index (χ1v) is 7.57. The fourth-order valence-electron chi connectivity index (χ4n) is 1.78. The number of benzene rings is 1. The van der Waals surface area contributed by atoms with Crippen molar-refractivity contribution in [2.24, 2.45) is 0 Å². The molecule has 4 heteroatoms. The van der Waals surface area contributed by atoms with Crippen molar-refractivity contribution in [3.8, 4) is 0 Å². The van der Waals surface area contributed by atoms with Crippen molar-refractivity contribution in [3.63, 3.8) is 0 Å². The second kappa shape index (κ2) is 7.01. The minimum absolute atomic E-state index is 0.0281. The lowest BCUT2D eigenvalue weighted by Crippen LogP contribution is -2.24. The SMILES string of the molecule is CSc1ccc([C@@H](C)NC(=O)/C=C/c2ccco2)cc1. The summed E-state index contributed by atoms with van der Waals surface area (Å²) in [6.07, 6.45) is 6.75. The number of thioether (sulfide) groups is 1. The Hall–Kier alpha value is -1.94. The molecule has 0 aliphatic carbocycles. The van der Waals surface area contributed by atoms with Crippen molar-refractivity contribution in [3.05, 3.63) is 60.1 Å². The number of furan rings is 1. The number of hydrogen-bond acceptors (Lipinski definition) is 3. The van der Waals surface area contributed by atoms with Gasteiger partial charge in [-0.3, -0.25) is 4.79 Å². The normalized spacial score (nSPS) is 12.5. The van der Waals surface area contributed by atoms with Gasteiger partial charge in [0.05, 0.1) is 12.3 Å². The molecule has 0 saturated heterocycles. The summed E-state index contributed by atoms with van der Waals surface area (Å²) in [4.78, 5) is 13.0. The molecule has 1 aromatic carbocycles. The Morgan fingerprint density at radius 2 is 2.05 bits per heavy atom. The summed E-state index contributed by atoms with van der Waals surface area (Å²) >= 11 is 1.70. The number of nitrogens with one attached hydrogen (secondary N) is 1. The molecule has 0 spiro atoms. The van der Waals surface area contributed by atoms with Gasteiger partial charge in [-0.1, -0.05) is 12.1 Å². The van der Waals surface area contributed by atoms with E-state index in [1.807, 2.05) is 25.3 Å². The minimum Gasteiger partial charge on any atom is -0.465 e. The molecule has 0 unspecified atom stereocenters. The van der Waals surface area contributed by atoms with E-state index in [2.05, 4.69) is 17.4 Å². The highest BCUT2D eigenvalue weighted by Crippen LogP contribution is 2.18. The zero-order valence-electron chi connectivity index (χ0n) is 11.5. The van der Waals surface area contributed by atoms with Gasteiger partial charge in [0.2, 0.25) is 5.91 Å². The first kappa shape index (κ1) is 14.5. The highest BCUT2D eigenvalue weighted by atomic mass is 32.2. The lowest BCUT2D eigenvalue weighted by Gasteiger charge is -2.13. The van der Waals surface area contributed by atoms with Crippen LogP contribution in [0.5, 0.6) is 0 Å². The number of amides is 1. The molecule has 0 bridgehead atoms. The Morgan fingerprint density at radius 3 is 2.65 bits per heavy atom. The van der Waals surface area contributed by atoms with Gasteiger partial charge in [-0.2, -0.15) is 0 Å². The van der Waals surface area contributed by atoms with Crippen molar-refractivity contribution in [1.82, 2.24) is 5.32 Å². The van der Waals surface area contributed by atoms with E-state index >= 15 is 0 Å². The van der Waals surface area contributed by atoms with Gasteiger partial charge in [0.25, 0.3) is 0 Å². The largest absolute Gasteiger partial charge is 0.465 e. The van der Waals surface area contributed by atoms with Crippen molar-refractivity contribution < 1.29 is 9.21 Å². The molecule has 2 aromatic rings. The average Bonchev–Trinajstić information content (AvgIpc) is 2.98.